The molecule has 1 amide bonds. The number of rotatable bonds is 6. The van der Waals surface area contributed by atoms with Gasteiger partial charge in [0.2, 0.25) is 5.91 Å². The van der Waals surface area contributed by atoms with Gasteiger partial charge in [0.05, 0.1) is 23.4 Å². The van der Waals surface area contributed by atoms with Gasteiger partial charge < -0.3 is 10.1 Å². The lowest BCUT2D eigenvalue weighted by atomic mass is 10.3. The fourth-order valence-corrected chi connectivity index (χ4v) is 2.41. The molecular formula is C13H21BrN4O2. The highest BCUT2D eigenvalue weighted by Crippen LogP contribution is 2.13. The number of aromatic nitrogens is 2. The molecular weight excluding hydrogens is 324 g/mol. The van der Waals surface area contributed by atoms with Crippen molar-refractivity contribution in [3.05, 3.63) is 16.4 Å². The molecule has 1 N–H and O–H groups in total. The number of hydrogen-bond acceptors (Lipinski definition) is 4. The Kier molecular flexibility index (Phi) is 6.00. The minimum absolute atomic E-state index is 0.0718. The molecule has 1 fully saturated rings. The van der Waals surface area contributed by atoms with E-state index in [4.69, 9.17) is 4.74 Å². The van der Waals surface area contributed by atoms with E-state index in [9.17, 15) is 4.79 Å². The maximum Gasteiger partial charge on any atom is 0.221 e. The lowest BCUT2D eigenvalue weighted by molar-refractivity contribution is -0.121. The lowest BCUT2D eigenvalue weighted by Gasteiger charge is -2.26. The molecule has 20 heavy (non-hydrogen) atoms. The van der Waals surface area contributed by atoms with Gasteiger partial charge in [-0.1, -0.05) is 0 Å². The Bertz CT molecular complexity index is 424. The number of carbonyl (C=O) groups excluding carboxylic acids is 1. The number of aryl methyl sites for hydroxylation is 2. The van der Waals surface area contributed by atoms with Gasteiger partial charge in [-0.3, -0.25) is 14.4 Å². The van der Waals surface area contributed by atoms with Crippen LogP contribution in [0.4, 0.5) is 0 Å². The van der Waals surface area contributed by atoms with Gasteiger partial charge in [-0.2, -0.15) is 5.10 Å². The van der Waals surface area contributed by atoms with Crippen LogP contribution >= 0.6 is 15.9 Å². The summed E-state index contributed by atoms with van der Waals surface area (Å²) in [6.45, 7) is 7.62. The normalized spacial score (nSPS) is 16.3. The van der Waals surface area contributed by atoms with Gasteiger partial charge in [-0.05, 0) is 22.9 Å². The largest absolute Gasteiger partial charge is 0.379 e. The minimum Gasteiger partial charge on any atom is -0.379 e. The average Bonchev–Trinajstić information content (AvgIpc) is 2.77. The summed E-state index contributed by atoms with van der Waals surface area (Å²) in [6.07, 6.45) is 2.35. The summed E-state index contributed by atoms with van der Waals surface area (Å²) in [5.41, 5.74) is 0.942. The van der Waals surface area contributed by atoms with E-state index in [0.29, 0.717) is 19.5 Å². The van der Waals surface area contributed by atoms with Crippen LogP contribution in [0.1, 0.15) is 12.1 Å². The van der Waals surface area contributed by atoms with E-state index < -0.39 is 0 Å². The lowest BCUT2D eigenvalue weighted by Crippen LogP contribution is -2.41. The molecule has 0 unspecified atom stereocenters. The fourth-order valence-electron chi connectivity index (χ4n) is 2.09. The maximum atomic E-state index is 11.7. The second-order valence-corrected chi connectivity index (χ2v) is 5.73. The first kappa shape index (κ1) is 15.5. The molecule has 2 rings (SSSR count). The van der Waals surface area contributed by atoms with Crippen molar-refractivity contribution < 1.29 is 9.53 Å². The molecule has 112 valence electrons. The molecule has 1 aliphatic heterocycles. The second-order valence-electron chi connectivity index (χ2n) is 4.88. The van der Waals surface area contributed by atoms with Gasteiger partial charge in [-0.25, -0.2) is 0 Å². The molecule has 0 aromatic carbocycles. The van der Waals surface area contributed by atoms with Crippen LogP contribution in [0.2, 0.25) is 0 Å². The topological polar surface area (TPSA) is 59.4 Å². The van der Waals surface area contributed by atoms with E-state index in [-0.39, 0.29) is 5.91 Å². The first-order chi connectivity index (χ1) is 9.65. The predicted molar refractivity (Wildman–Crippen MR) is 79.5 cm³/mol. The molecule has 2 heterocycles. The third-order valence-electron chi connectivity index (χ3n) is 3.31. The number of hydrogen-bond donors (Lipinski definition) is 1. The number of amides is 1. The van der Waals surface area contributed by atoms with Crippen molar-refractivity contribution in [2.75, 3.05) is 39.4 Å². The highest BCUT2D eigenvalue weighted by atomic mass is 79.9. The number of nitrogens with one attached hydrogen (secondary N) is 1. The standard InChI is InChI=1S/C13H21BrN4O2/c1-11-12(14)10-18(16-11)4-2-13(19)15-3-5-17-6-8-20-9-7-17/h10H,2-9H2,1H3,(H,15,19). The van der Waals surface area contributed by atoms with Crippen LogP contribution in [-0.4, -0.2) is 60.0 Å². The summed E-state index contributed by atoms with van der Waals surface area (Å²) < 4.78 is 8.05. The molecule has 7 heteroatoms. The number of nitrogens with zero attached hydrogens (tertiary/aromatic N) is 3. The van der Waals surface area contributed by atoms with Crippen molar-refractivity contribution in [3.8, 4) is 0 Å². The van der Waals surface area contributed by atoms with E-state index in [1.807, 2.05) is 13.1 Å². The third kappa shape index (κ3) is 4.88. The van der Waals surface area contributed by atoms with E-state index in [1.54, 1.807) is 4.68 Å². The van der Waals surface area contributed by atoms with E-state index >= 15 is 0 Å². The zero-order valence-corrected chi connectivity index (χ0v) is 13.4. The Hall–Kier alpha value is -0.920. The number of halogens is 1. The van der Waals surface area contributed by atoms with Crippen molar-refractivity contribution in [2.24, 2.45) is 0 Å². The Labute approximate surface area is 127 Å². The summed E-state index contributed by atoms with van der Waals surface area (Å²) in [5.74, 6) is 0.0718. The summed E-state index contributed by atoms with van der Waals surface area (Å²) in [4.78, 5) is 14.0. The Balaban J connectivity index is 1.60. The highest BCUT2D eigenvalue weighted by Gasteiger charge is 2.10. The van der Waals surface area contributed by atoms with Crippen LogP contribution in [0.25, 0.3) is 0 Å². The Morgan fingerprint density at radius 2 is 2.20 bits per heavy atom. The van der Waals surface area contributed by atoms with E-state index in [2.05, 4.69) is 31.2 Å². The van der Waals surface area contributed by atoms with Crippen LogP contribution < -0.4 is 5.32 Å². The molecule has 1 aliphatic rings. The Morgan fingerprint density at radius 1 is 1.45 bits per heavy atom. The number of carbonyl (C=O) groups is 1. The highest BCUT2D eigenvalue weighted by molar-refractivity contribution is 9.10. The van der Waals surface area contributed by atoms with Crippen LogP contribution in [0.5, 0.6) is 0 Å². The quantitative estimate of drug-likeness (QED) is 0.828. The van der Waals surface area contributed by atoms with Crippen molar-refractivity contribution >= 4 is 21.8 Å². The SMILES string of the molecule is Cc1nn(CCC(=O)NCCN2CCOCC2)cc1Br. The van der Waals surface area contributed by atoms with Gasteiger partial charge >= 0.3 is 0 Å². The van der Waals surface area contributed by atoms with Gasteiger partial charge in [0, 0.05) is 45.3 Å². The van der Waals surface area contributed by atoms with Crippen molar-refractivity contribution in [1.82, 2.24) is 20.0 Å². The summed E-state index contributed by atoms with van der Waals surface area (Å²) in [7, 11) is 0. The van der Waals surface area contributed by atoms with Crippen LogP contribution in [0.3, 0.4) is 0 Å². The van der Waals surface area contributed by atoms with Gasteiger partial charge in [0.1, 0.15) is 0 Å². The van der Waals surface area contributed by atoms with Crippen molar-refractivity contribution in [1.29, 1.82) is 0 Å². The third-order valence-corrected chi connectivity index (χ3v) is 4.09. The molecule has 1 saturated heterocycles. The van der Waals surface area contributed by atoms with Gasteiger partial charge in [0.25, 0.3) is 0 Å². The average molecular weight is 345 g/mol. The minimum atomic E-state index is 0.0718. The van der Waals surface area contributed by atoms with Crippen LogP contribution in [0.15, 0.2) is 10.7 Å². The first-order valence-electron chi connectivity index (χ1n) is 6.91. The molecule has 0 bridgehead atoms. The smallest absolute Gasteiger partial charge is 0.221 e. The number of morpholine rings is 1. The molecule has 0 radical (unpaired) electrons. The molecule has 1 aromatic rings. The van der Waals surface area contributed by atoms with Gasteiger partial charge in [-0.15, -0.1) is 0 Å². The zero-order valence-electron chi connectivity index (χ0n) is 11.8. The van der Waals surface area contributed by atoms with Crippen LogP contribution in [-0.2, 0) is 16.1 Å². The monoisotopic (exact) mass is 344 g/mol. The van der Waals surface area contributed by atoms with E-state index in [0.717, 1.165) is 43.0 Å². The molecule has 0 atom stereocenters. The predicted octanol–water partition coefficient (Wildman–Crippen LogP) is 0.793. The summed E-state index contributed by atoms with van der Waals surface area (Å²) >= 11 is 3.41. The summed E-state index contributed by atoms with van der Waals surface area (Å²) in [6, 6.07) is 0. The van der Waals surface area contributed by atoms with Crippen LogP contribution in [0, 0.1) is 6.92 Å². The van der Waals surface area contributed by atoms with Crippen molar-refractivity contribution in [3.63, 3.8) is 0 Å². The molecule has 0 saturated carbocycles. The molecule has 0 aliphatic carbocycles. The zero-order chi connectivity index (χ0) is 14.4. The molecule has 1 aromatic heterocycles. The maximum absolute atomic E-state index is 11.7. The Morgan fingerprint density at radius 3 is 2.85 bits per heavy atom. The number of ether oxygens (including phenoxy) is 1. The molecule has 6 nitrogen and oxygen atoms in total. The van der Waals surface area contributed by atoms with Crippen molar-refractivity contribution in [2.45, 2.75) is 19.9 Å². The van der Waals surface area contributed by atoms with Gasteiger partial charge in [0.15, 0.2) is 0 Å². The molecule has 0 spiro atoms. The first-order valence-corrected chi connectivity index (χ1v) is 7.71. The second kappa shape index (κ2) is 7.75. The van der Waals surface area contributed by atoms with E-state index in [1.165, 1.54) is 0 Å². The fraction of sp³-hybridized carbons (Fsp3) is 0.692. The summed E-state index contributed by atoms with van der Waals surface area (Å²) in [5, 5.41) is 7.25.